The van der Waals surface area contributed by atoms with E-state index in [1.54, 1.807) is 0 Å². The predicted octanol–water partition coefficient (Wildman–Crippen LogP) is 1.99. The molecule has 2 heterocycles. The summed E-state index contributed by atoms with van der Waals surface area (Å²) in [4.78, 5) is 11.9. The van der Waals surface area contributed by atoms with Crippen molar-refractivity contribution in [3.8, 4) is 0 Å². The van der Waals surface area contributed by atoms with Crippen LogP contribution in [0.1, 0.15) is 12.0 Å². The first-order chi connectivity index (χ1) is 11.9. The van der Waals surface area contributed by atoms with Crippen molar-refractivity contribution in [2.24, 2.45) is 0 Å². The molecule has 0 saturated carbocycles. The van der Waals surface area contributed by atoms with E-state index in [0.29, 0.717) is 15.9 Å². The van der Waals surface area contributed by atoms with Gasteiger partial charge in [-0.2, -0.15) is 0 Å². The molecule has 2 N–H and O–H groups in total. The topological polar surface area (TPSA) is 101 Å². The number of aryl methyl sites for hydroxylation is 1. The summed E-state index contributed by atoms with van der Waals surface area (Å²) in [6, 6.07) is 7.67. The average molecular weight is 399 g/mol. The molecular formula is C15H18N4O3S3. The zero-order valence-corrected chi connectivity index (χ0v) is 16.0. The molecule has 1 atom stereocenters. The molecule has 1 saturated heterocycles. The summed E-state index contributed by atoms with van der Waals surface area (Å²) in [5.74, 6) is 0.188. The van der Waals surface area contributed by atoms with Crippen LogP contribution in [0.4, 0.5) is 10.8 Å². The van der Waals surface area contributed by atoms with Gasteiger partial charge in [0.2, 0.25) is 11.0 Å². The quantitative estimate of drug-likeness (QED) is 0.718. The third-order valence-corrected chi connectivity index (χ3v) is 7.37. The van der Waals surface area contributed by atoms with Crippen LogP contribution in [0.2, 0.25) is 0 Å². The highest BCUT2D eigenvalue weighted by atomic mass is 32.2. The summed E-state index contributed by atoms with van der Waals surface area (Å²) >= 11 is 2.66. The Labute approximate surface area is 154 Å². The summed E-state index contributed by atoms with van der Waals surface area (Å²) in [6.45, 7) is 2.02. The maximum absolute atomic E-state index is 11.9. The number of rotatable bonds is 6. The lowest BCUT2D eigenvalue weighted by Gasteiger charge is -2.09. The van der Waals surface area contributed by atoms with E-state index < -0.39 is 9.84 Å². The summed E-state index contributed by atoms with van der Waals surface area (Å²) in [5.41, 5.74) is 2.11. The molecule has 1 aliphatic rings. The van der Waals surface area contributed by atoms with Gasteiger partial charge in [0.15, 0.2) is 14.2 Å². The summed E-state index contributed by atoms with van der Waals surface area (Å²) < 4.78 is 23.5. The molecule has 2 aromatic rings. The van der Waals surface area contributed by atoms with Crippen LogP contribution < -0.4 is 10.6 Å². The molecule has 1 aliphatic heterocycles. The number of thioether (sulfide) groups is 1. The Balaban J connectivity index is 1.46. The highest BCUT2D eigenvalue weighted by molar-refractivity contribution is 8.01. The van der Waals surface area contributed by atoms with E-state index in [9.17, 15) is 13.2 Å². The lowest BCUT2D eigenvalue weighted by molar-refractivity contribution is -0.119. The third-order valence-electron chi connectivity index (χ3n) is 3.63. The van der Waals surface area contributed by atoms with E-state index in [1.165, 1.54) is 28.7 Å². The molecule has 134 valence electrons. The van der Waals surface area contributed by atoms with Gasteiger partial charge in [-0.3, -0.25) is 4.79 Å². The van der Waals surface area contributed by atoms with Crippen LogP contribution in [0.25, 0.3) is 0 Å². The molecular weight excluding hydrogens is 380 g/mol. The fourth-order valence-corrected chi connectivity index (χ4v) is 5.64. The minimum atomic E-state index is -2.99. The number of hydrogen-bond donors (Lipinski definition) is 2. The number of aromatic nitrogens is 2. The first-order valence-corrected chi connectivity index (χ1v) is 11.3. The Hall–Kier alpha value is -1.65. The molecule has 0 spiro atoms. The lowest BCUT2D eigenvalue weighted by Crippen LogP contribution is -2.36. The van der Waals surface area contributed by atoms with Crippen LogP contribution in [-0.2, 0) is 14.6 Å². The van der Waals surface area contributed by atoms with Crippen LogP contribution >= 0.6 is 23.1 Å². The van der Waals surface area contributed by atoms with Crippen molar-refractivity contribution in [3.05, 3.63) is 29.8 Å². The summed E-state index contributed by atoms with van der Waals surface area (Å²) in [6.07, 6.45) is 0.488. The highest BCUT2D eigenvalue weighted by Gasteiger charge is 2.28. The molecule has 0 bridgehead atoms. The third kappa shape index (κ3) is 5.41. The largest absolute Gasteiger partial charge is 0.352 e. The Morgan fingerprint density at radius 1 is 1.32 bits per heavy atom. The number of carbonyl (C=O) groups is 1. The van der Waals surface area contributed by atoms with Gasteiger partial charge in [-0.25, -0.2) is 8.42 Å². The van der Waals surface area contributed by atoms with Gasteiger partial charge in [-0.15, -0.1) is 10.2 Å². The van der Waals surface area contributed by atoms with E-state index in [4.69, 9.17) is 0 Å². The Kier molecular flexibility index (Phi) is 5.60. The highest BCUT2D eigenvalue weighted by Crippen LogP contribution is 2.27. The zero-order chi connectivity index (χ0) is 17.9. The van der Waals surface area contributed by atoms with Gasteiger partial charge in [0, 0.05) is 11.7 Å². The summed E-state index contributed by atoms with van der Waals surface area (Å²) in [7, 11) is -2.99. The molecule has 0 radical (unpaired) electrons. The molecule has 3 rings (SSSR count). The predicted molar refractivity (Wildman–Crippen MR) is 100 cm³/mol. The molecule has 25 heavy (non-hydrogen) atoms. The molecule has 1 aromatic carbocycles. The Morgan fingerprint density at radius 3 is 2.76 bits per heavy atom. The number of sulfone groups is 1. The second kappa shape index (κ2) is 7.71. The van der Waals surface area contributed by atoms with Crippen molar-refractivity contribution in [1.29, 1.82) is 0 Å². The Morgan fingerprint density at radius 2 is 2.08 bits per heavy atom. The smallest absolute Gasteiger partial charge is 0.230 e. The molecule has 1 fully saturated rings. The fraction of sp³-hybridized carbons (Fsp3) is 0.400. The second-order valence-corrected chi connectivity index (χ2v) is 10.2. The molecule has 1 aromatic heterocycles. The number of nitrogens with one attached hydrogen (secondary N) is 2. The lowest BCUT2D eigenvalue weighted by atomic mass is 10.2. The minimum absolute atomic E-state index is 0.0346. The van der Waals surface area contributed by atoms with Gasteiger partial charge in [0.25, 0.3) is 0 Å². The van der Waals surface area contributed by atoms with Gasteiger partial charge < -0.3 is 10.6 Å². The van der Waals surface area contributed by atoms with Gasteiger partial charge in [-0.05, 0) is 25.5 Å². The molecule has 0 unspecified atom stereocenters. The number of anilines is 2. The van der Waals surface area contributed by atoms with Crippen molar-refractivity contribution < 1.29 is 13.2 Å². The van der Waals surface area contributed by atoms with Gasteiger partial charge in [-0.1, -0.05) is 40.8 Å². The van der Waals surface area contributed by atoms with E-state index in [0.717, 1.165) is 5.69 Å². The van der Waals surface area contributed by atoms with Crippen LogP contribution in [-0.4, -0.2) is 47.8 Å². The van der Waals surface area contributed by atoms with Crippen LogP contribution in [0.5, 0.6) is 0 Å². The molecule has 0 aliphatic carbocycles. The normalized spacial score (nSPS) is 18.8. The standard InChI is InChI=1S/C15H18N4O3S3/c1-10-2-4-11(5-3-10)17-14-18-19-15(24-14)23-8-13(20)16-12-6-7-25(21,22)9-12/h2-5,12H,6-9H2,1H3,(H,16,20)(H,17,18)/t12-/m1/s1. The van der Waals surface area contributed by atoms with E-state index in [2.05, 4.69) is 20.8 Å². The second-order valence-electron chi connectivity index (χ2n) is 5.82. The van der Waals surface area contributed by atoms with E-state index >= 15 is 0 Å². The maximum atomic E-state index is 11.9. The van der Waals surface area contributed by atoms with E-state index in [1.807, 2.05) is 31.2 Å². The van der Waals surface area contributed by atoms with Crippen molar-refractivity contribution in [2.75, 3.05) is 22.6 Å². The number of carbonyl (C=O) groups excluding carboxylic acids is 1. The fourth-order valence-electron chi connectivity index (χ4n) is 2.38. The number of hydrogen-bond acceptors (Lipinski definition) is 8. The maximum Gasteiger partial charge on any atom is 0.230 e. The molecule has 7 nitrogen and oxygen atoms in total. The zero-order valence-electron chi connectivity index (χ0n) is 13.6. The van der Waals surface area contributed by atoms with Crippen LogP contribution in [0.3, 0.4) is 0 Å². The van der Waals surface area contributed by atoms with Crippen LogP contribution in [0, 0.1) is 6.92 Å². The Bertz CT molecular complexity index is 849. The average Bonchev–Trinajstić information content (AvgIpc) is 3.14. The van der Waals surface area contributed by atoms with Gasteiger partial charge in [0.05, 0.1) is 17.3 Å². The molecule has 10 heteroatoms. The van der Waals surface area contributed by atoms with Gasteiger partial charge in [0.1, 0.15) is 0 Å². The molecule has 1 amide bonds. The number of nitrogens with zero attached hydrogens (tertiary/aromatic N) is 2. The van der Waals surface area contributed by atoms with Crippen molar-refractivity contribution in [1.82, 2.24) is 15.5 Å². The first kappa shape index (κ1) is 18.2. The minimum Gasteiger partial charge on any atom is -0.352 e. The van der Waals surface area contributed by atoms with Crippen LogP contribution in [0.15, 0.2) is 28.6 Å². The monoisotopic (exact) mass is 398 g/mol. The van der Waals surface area contributed by atoms with E-state index in [-0.39, 0.29) is 29.2 Å². The van der Waals surface area contributed by atoms with Crippen molar-refractivity contribution in [3.63, 3.8) is 0 Å². The van der Waals surface area contributed by atoms with Crippen molar-refractivity contribution >= 4 is 49.7 Å². The first-order valence-electron chi connectivity index (χ1n) is 7.69. The summed E-state index contributed by atoms with van der Waals surface area (Å²) in [5, 5.41) is 14.7. The number of benzene rings is 1. The SMILES string of the molecule is Cc1ccc(Nc2nnc(SCC(=O)N[C@@H]3CCS(=O)(=O)C3)s2)cc1. The van der Waals surface area contributed by atoms with Crippen molar-refractivity contribution in [2.45, 2.75) is 23.7 Å². The van der Waals surface area contributed by atoms with Gasteiger partial charge >= 0.3 is 0 Å². The number of amides is 1.